The lowest BCUT2D eigenvalue weighted by Gasteiger charge is -2.21. The molecule has 2 aromatic rings. The van der Waals surface area contributed by atoms with Crippen LogP contribution in [-0.2, 0) is 9.57 Å². The summed E-state index contributed by atoms with van der Waals surface area (Å²) >= 11 is 0. The first-order chi connectivity index (χ1) is 16.1. The SMILES string of the molecule is CCCCCCCCCCCCCCON(c1ccccc1)c1ccc(C(=O)OC(C)C)o1. The van der Waals surface area contributed by atoms with Gasteiger partial charge in [-0.3, -0.25) is 4.84 Å². The van der Waals surface area contributed by atoms with E-state index in [2.05, 4.69) is 6.92 Å². The zero-order chi connectivity index (χ0) is 23.7. The number of carbonyl (C=O) groups excluding carboxylic acids is 1. The third-order valence-corrected chi connectivity index (χ3v) is 5.54. The number of nitrogens with zero attached hydrogens (tertiary/aromatic N) is 1. The molecule has 0 amide bonds. The molecule has 184 valence electrons. The molecule has 5 heteroatoms. The maximum absolute atomic E-state index is 12.1. The van der Waals surface area contributed by atoms with E-state index in [1.165, 1.54) is 64.2 Å². The van der Waals surface area contributed by atoms with Crippen molar-refractivity contribution in [1.82, 2.24) is 0 Å². The fourth-order valence-corrected chi connectivity index (χ4v) is 3.75. The van der Waals surface area contributed by atoms with E-state index >= 15 is 0 Å². The van der Waals surface area contributed by atoms with Crippen molar-refractivity contribution in [3.8, 4) is 0 Å². The molecule has 1 aromatic carbocycles. The van der Waals surface area contributed by atoms with Crippen molar-refractivity contribution >= 4 is 17.5 Å². The summed E-state index contributed by atoms with van der Waals surface area (Å²) in [5, 5.41) is 1.66. The molecule has 2 rings (SSSR count). The third kappa shape index (κ3) is 10.9. The lowest BCUT2D eigenvalue weighted by atomic mass is 10.1. The first-order valence-electron chi connectivity index (χ1n) is 12.9. The van der Waals surface area contributed by atoms with E-state index in [-0.39, 0.29) is 11.9 Å². The Morgan fingerprint density at radius 2 is 1.39 bits per heavy atom. The predicted octanol–water partition coefficient (Wildman–Crippen LogP) is 8.62. The second-order valence-corrected chi connectivity index (χ2v) is 8.94. The molecule has 0 aliphatic rings. The molecule has 33 heavy (non-hydrogen) atoms. The van der Waals surface area contributed by atoms with Crippen LogP contribution in [0.1, 0.15) is 108 Å². The first-order valence-corrected chi connectivity index (χ1v) is 12.9. The Labute approximate surface area is 200 Å². The summed E-state index contributed by atoms with van der Waals surface area (Å²) in [4.78, 5) is 18.2. The topological polar surface area (TPSA) is 51.9 Å². The van der Waals surface area contributed by atoms with E-state index in [9.17, 15) is 4.79 Å². The predicted molar refractivity (Wildman–Crippen MR) is 135 cm³/mol. The molecule has 5 nitrogen and oxygen atoms in total. The molecular weight excluding hydrogens is 414 g/mol. The van der Waals surface area contributed by atoms with Crippen LogP contribution in [0, 0.1) is 0 Å². The molecule has 0 radical (unpaired) electrons. The number of benzene rings is 1. The molecule has 0 aliphatic carbocycles. The van der Waals surface area contributed by atoms with Gasteiger partial charge in [-0.15, -0.1) is 0 Å². The van der Waals surface area contributed by atoms with Crippen molar-refractivity contribution in [3.63, 3.8) is 0 Å². The Morgan fingerprint density at radius 3 is 1.97 bits per heavy atom. The number of rotatable bonds is 18. The molecular formula is C28H43NO4. The maximum atomic E-state index is 12.1. The summed E-state index contributed by atoms with van der Waals surface area (Å²) in [6.45, 7) is 6.49. The van der Waals surface area contributed by atoms with E-state index < -0.39 is 5.97 Å². The molecule has 1 aromatic heterocycles. The summed E-state index contributed by atoms with van der Waals surface area (Å²) in [6, 6.07) is 13.1. The Balaban J connectivity index is 1.71. The van der Waals surface area contributed by atoms with Crippen LogP contribution in [0.15, 0.2) is 46.9 Å². The van der Waals surface area contributed by atoms with Crippen LogP contribution in [0.4, 0.5) is 11.6 Å². The molecule has 0 saturated carbocycles. The van der Waals surface area contributed by atoms with Gasteiger partial charge in [0.2, 0.25) is 11.6 Å². The van der Waals surface area contributed by atoms with Crippen molar-refractivity contribution in [2.24, 2.45) is 0 Å². The van der Waals surface area contributed by atoms with Gasteiger partial charge >= 0.3 is 5.97 Å². The van der Waals surface area contributed by atoms with Gasteiger partial charge in [-0.2, -0.15) is 5.06 Å². The van der Waals surface area contributed by atoms with Gasteiger partial charge in [-0.05, 0) is 38.5 Å². The van der Waals surface area contributed by atoms with Gasteiger partial charge in [0.25, 0.3) is 0 Å². The van der Waals surface area contributed by atoms with Gasteiger partial charge in [0.05, 0.1) is 18.4 Å². The summed E-state index contributed by atoms with van der Waals surface area (Å²) in [5.74, 6) is 0.176. The minimum Gasteiger partial charge on any atom is -0.457 e. The summed E-state index contributed by atoms with van der Waals surface area (Å²) in [6.07, 6.45) is 15.5. The number of carbonyl (C=O) groups is 1. The number of unbranched alkanes of at least 4 members (excludes halogenated alkanes) is 11. The number of furan rings is 1. The van der Waals surface area contributed by atoms with Crippen LogP contribution in [0.2, 0.25) is 0 Å². The number of hydrogen-bond acceptors (Lipinski definition) is 5. The molecule has 0 saturated heterocycles. The van der Waals surface area contributed by atoms with Gasteiger partial charge < -0.3 is 9.15 Å². The Bertz CT molecular complexity index is 756. The summed E-state index contributed by atoms with van der Waals surface area (Å²) < 4.78 is 11.0. The maximum Gasteiger partial charge on any atom is 0.374 e. The summed E-state index contributed by atoms with van der Waals surface area (Å²) in [7, 11) is 0. The van der Waals surface area contributed by atoms with Crippen molar-refractivity contribution in [3.05, 3.63) is 48.2 Å². The lowest BCUT2D eigenvalue weighted by Crippen LogP contribution is -2.18. The number of anilines is 2. The van der Waals surface area contributed by atoms with Crippen LogP contribution in [0.5, 0.6) is 0 Å². The Kier molecular flexibility index (Phi) is 13.4. The zero-order valence-electron chi connectivity index (χ0n) is 20.9. The van der Waals surface area contributed by atoms with Gasteiger partial charge in [-0.25, -0.2) is 4.79 Å². The second-order valence-electron chi connectivity index (χ2n) is 8.94. The van der Waals surface area contributed by atoms with Gasteiger partial charge in [0, 0.05) is 6.07 Å². The monoisotopic (exact) mass is 457 g/mol. The molecule has 0 aliphatic heterocycles. The smallest absolute Gasteiger partial charge is 0.374 e. The molecule has 1 heterocycles. The summed E-state index contributed by atoms with van der Waals surface area (Å²) in [5.41, 5.74) is 0.856. The minimum atomic E-state index is -0.467. The average Bonchev–Trinajstić information content (AvgIpc) is 3.30. The van der Waals surface area contributed by atoms with Crippen LogP contribution < -0.4 is 5.06 Å². The normalized spacial score (nSPS) is 11.2. The van der Waals surface area contributed by atoms with Crippen molar-refractivity contribution < 1.29 is 18.8 Å². The van der Waals surface area contributed by atoms with E-state index in [0.717, 1.165) is 18.5 Å². The molecule has 0 N–H and O–H groups in total. The Morgan fingerprint density at radius 1 is 0.818 bits per heavy atom. The van der Waals surface area contributed by atoms with Crippen LogP contribution in [-0.4, -0.2) is 18.7 Å². The van der Waals surface area contributed by atoms with Gasteiger partial charge in [0.15, 0.2) is 0 Å². The largest absolute Gasteiger partial charge is 0.457 e. The number of para-hydroxylation sites is 1. The molecule has 0 unspecified atom stereocenters. The quantitative estimate of drug-likeness (QED) is 0.127. The van der Waals surface area contributed by atoms with Crippen molar-refractivity contribution in [2.45, 2.75) is 104 Å². The van der Waals surface area contributed by atoms with E-state index in [4.69, 9.17) is 14.0 Å². The van der Waals surface area contributed by atoms with Crippen molar-refractivity contribution in [1.29, 1.82) is 0 Å². The third-order valence-electron chi connectivity index (χ3n) is 5.54. The van der Waals surface area contributed by atoms with Crippen LogP contribution in [0.25, 0.3) is 0 Å². The number of hydrogen-bond donors (Lipinski definition) is 0. The van der Waals surface area contributed by atoms with E-state index in [1.807, 2.05) is 44.2 Å². The van der Waals surface area contributed by atoms with E-state index in [1.54, 1.807) is 17.2 Å². The van der Waals surface area contributed by atoms with Gasteiger partial charge in [0.1, 0.15) is 0 Å². The number of ether oxygens (including phenoxy) is 1. The van der Waals surface area contributed by atoms with Crippen LogP contribution >= 0.6 is 0 Å². The molecule has 0 atom stereocenters. The average molecular weight is 458 g/mol. The lowest BCUT2D eigenvalue weighted by molar-refractivity contribution is 0.0339. The fraction of sp³-hybridized carbons (Fsp3) is 0.607. The molecule has 0 fully saturated rings. The molecule has 0 spiro atoms. The number of esters is 1. The van der Waals surface area contributed by atoms with Gasteiger partial charge in [-0.1, -0.05) is 95.8 Å². The minimum absolute atomic E-state index is 0.175. The highest BCUT2D eigenvalue weighted by Gasteiger charge is 2.19. The highest BCUT2D eigenvalue weighted by atomic mass is 16.7. The standard InChI is InChI=1S/C28H43NO4/c1-4-5-6-7-8-9-10-11-12-13-14-18-23-31-29(25-19-16-15-17-20-25)27-22-21-26(33-27)28(30)32-24(2)3/h15-17,19-22,24H,4-14,18,23H2,1-3H3. The fourth-order valence-electron chi connectivity index (χ4n) is 3.75. The highest BCUT2D eigenvalue weighted by molar-refractivity contribution is 5.87. The van der Waals surface area contributed by atoms with Crippen molar-refractivity contribution in [2.75, 3.05) is 11.7 Å². The highest BCUT2D eigenvalue weighted by Crippen LogP contribution is 2.28. The first kappa shape index (κ1) is 27.0. The van der Waals surface area contributed by atoms with Crippen LogP contribution in [0.3, 0.4) is 0 Å². The Hall–Kier alpha value is -2.27. The molecule has 0 bridgehead atoms. The van der Waals surface area contributed by atoms with E-state index in [0.29, 0.717) is 12.5 Å². The second kappa shape index (κ2) is 16.4. The zero-order valence-corrected chi connectivity index (χ0v) is 20.9.